The van der Waals surface area contributed by atoms with Crippen LogP contribution < -0.4 is 4.90 Å². The molecule has 0 fully saturated rings. The molecule has 4 aromatic rings. The van der Waals surface area contributed by atoms with E-state index in [9.17, 15) is 13.2 Å². The molecule has 0 atom stereocenters. The first-order valence-electron chi connectivity index (χ1n) is 9.98. The monoisotopic (exact) mass is 469 g/mol. The largest absolute Gasteiger partial charge is 0.323 e. The topological polar surface area (TPSA) is 88.4 Å². The van der Waals surface area contributed by atoms with Crippen molar-refractivity contribution >= 4 is 49.1 Å². The minimum Gasteiger partial charge on any atom is -0.323 e. The van der Waals surface area contributed by atoms with Crippen molar-refractivity contribution in [2.45, 2.75) is 25.3 Å². The molecule has 1 amide bonds. The number of anilines is 2. The van der Waals surface area contributed by atoms with Gasteiger partial charge in [-0.2, -0.15) is 0 Å². The Bertz CT molecular complexity index is 1390. The summed E-state index contributed by atoms with van der Waals surface area (Å²) in [7, 11) is -0.564. The zero-order valence-corrected chi connectivity index (χ0v) is 19.8. The van der Waals surface area contributed by atoms with E-state index in [-0.39, 0.29) is 10.8 Å². The fourth-order valence-electron chi connectivity index (χ4n) is 3.47. The van der Waals surface area contributed by atoms with Crippen LogP contribution >= 0.6 is 11.3 Å². The summed E-state index contributed by atoms with van der Waals surface area (Å²) >= 11 is 1.35. The first-order chi connectivity index (χ1) is 15.2. The van der Waals surface area contributed by atoms with Crippen molar-refractivity contribution in [2.75, 3.05) is 19.0 Å². The van der Waals surface area contributed by atoms with Crippen molar-refractivity contribution in [3.8, 4) is 11.5 Å². The Morgan fingerprint density at radius 2 is 1.81 bits per heavy atom. The van der Waals surface area contributed by atoms with Crippen molar-refractivity contribution in [3.63, 3.8) is 0 Å². The number of carbonyl (C=O) groups excluding carboxylic acids is 1. The lowest BCUT2D eigenvalue weighted by Crippen LogP contribution is -2.22. The van der Waals surface area contributed by atoms with Gasteiger partial charge in [0.2, 0.25) is 15.9 Å². The van der Waals surface area contributed by atoms with Crippen LogP contribution in [0.4, 0.5) is 10.8 Å². The first-order valence-corrected chi connectivity index (χ1v) is 12.3. The Balaban J connectivity index is 1.80. The number of benzene rings is 2. The van der Waals surface area contributed by atoms with Crippen molar-refractivity contribution in [2.24, 2.45) is 0 Å². The van der Waals surface area contributed by atoms with Crippen LogP contribution in [0.2, 0.25) is 0 Å². The lowest BCUT2D eigenvalue weighted by Gasteiger charge is -2.17. The average Bonchev–Trinajstić information content (AvgIpc) is 3.38. The molecule has 0 N–H and O–H groups in total. The van der Waals surface area contributed by atoms with Crippen molar-refractivity contribution in [3.05, 3.63) is 53.9 Å². The quantitative estimate of drug-likeness (QED) is 0.424. The molecule has 0 unspecified atom stereocenters. The molecule has 0 saturated heterocycles. The highest BCUT2D eigenvalue weighted by Crippen LogP contribution is 2.33. The van der Waals surface area contributed by atoms with Gasteiger partial charge in [0.05, 0.1) is 21.6 Å². The van der Waals surface area contributed by atoms with Crippen LogP contribution in [0, 0.1) is 0 Å². The Hall–Kier alpha value is -3.08. The smallest absolute Gasteiger partial charge is 0.242 e. The molecule has 2 heterocycles. The standard InChI is InChI=1S/C22H23N5O3S2/c1-5-26-20-12-11-17(32(29,30)25(3)4)13-18(20)23-21(26)19-14-31-22(24-19)27(15(2)28)16-9-7-6-8-10-16/h6-14H,5H2,1-4H3. The number of para-hydroxylation sites is 1. The van der Waals surface area contributed by atoms with Crippen LogP contribution in [-0.2, 0) is 21.4 Å². The van der Waals surface area contributed by atoms with E-state index in [1.165, 1.54) is 36.7 Å². The van der Waals surface area contributed by atoms with Gasteiger partial charge < -0.3 is 4.57 Å². The third-order valence-corrected chi connectivity index (χ3v) is 7.69. The Morgan fingerprint density at radius 3 is 2.44 bits per heavy atom. The number of hydrogen-bond donors (Lipinski definition) is 0. The minimum absolute atomic E-state index is 0.139. The summed E-state index contributed by atoms with van der Waals surface area (Å²) in [5.74, 6) is 0.487. The molecule has 8 nitrogen and oxygen atoms in total. The van der Waals surface area contributed by atoms with E-state index in [1.54, 1.807) is 23.1 Å². The molecule has 0 bridgehead atoms. The second kappa shape index (κ2) is 8.45. The highest BCUT2D eigenvalue weighted by molar-refractivity contribution is 7.89. The van der Waals surface area contributed by atoms with Gasteiger partial charge in [-0.25, -0.2) is 22.7 Å². The van der Waals surface area contributed by atoms with E-state index in [1.807, 2.05) is 47.2 Å². The van der Waals surface area contributed by atoms with E-state index >= 15 is 0 Å². The molecule has 2 aromatic carbocycles. The van der Waals surface area contributed by atoms with Crippen molar-refractivity contribution < 1.29 is 13.2 Å². The average molecular weight is 470 g/mol. The molecule has 2 aromatic heterocycles. The zero-order chi connectivity index (χ0) is 23.0. The van der Waals surface area contributed by atoms with E-state index in [4.69, 9.17) is 9.97 Å². The summed E-state index contributed by atoms with van der Waals surface area (Å²) in [6.07, 6.45) is 0. The van der Waals surface area contributed by atoms with E-state index in [0.29, 0.717) is 28.7 Å². The maximum absolute atomic E-state index is 12.5. The minimum atomic E-state index is -3.56. The molecule has 0 aliphatic heterocycles. The summed E-state index contributed by atoms with van der Waals surface area (Å²) in [6.45, 7) is 4.13. The number of amides is 1. The molecular formula is C22H23N5O3S2. The molecule has 0 saturated carbocycles. The lowest BCUT2D eigenvalue weighted by molar-refractivity contribution is -0.115. The van der Waals surface area contributed by atoms with Crippen LogP contribution in [0.15, 0.2) is 58.8 Å². The zero-order valence-electron chi connectivity index (χ0n) is 18.2. The van der Waals surface area contributed by atoms with Gasteiger partial charge in [0, 0.05) is 32.9 Å². The van der Waals surface area contributed by atoms with Gasteiger partial charge in [-0.3, -0.25) is 9.69 Å². The maximum Gasteiger partial charge on any atom is 0.242 e. The highest BCUT2D eigenvalue weighted by atomic mass is 32.2. The van der Waals surface area contributed by atoms with Crippen LogP contribution in [0.1, 0.15) is 13.8 Å². The van der Waals surface area contributed by atoms with Gasteiger partial charge in [0.1, 0.15) is 5.69 Å². The number of aromatic nitrogens is 3. The van der Waals surface area contributed by atoms with Crippen molar-refractivity contribution in [1.82, 2.24) is 18.8 Å². The number of hydrogen-bond acceptors (Lipinski definition) is 6. The Labute approximate surface area is 190 Å². The number of imidazole rings is 1. The van der Waals surface area contributed by atoms with Crippen LogP contribution in [0.5, 0.6) is 0 Å². The van der Waals surface area contributed by atoms with Gasteiger partial charge in [-0.1, -0.05) is 18.2 Å². The third-order valence-electron chi connectivity index (χ3n) is 5.06. The summed E-state index contributed by atoms with van der Waals surface area (Å²) in [5.41, 5.74) is 2.76. The molecule has 0 aliphatic carbocycles. The second-order valence-electron chi connectivity index (χ2n) is 7.32. The van der Waals surface area contributed by atoms with Crippen LogP contribution in [0.3, 0.4) is 0 Å². The number of nitrogens with zero attached hydrogens (tertiary/aromatic N) is 5. The lowest BCUT2D eigenvalue weighted by atomic mass is 10.3. The number of fused-ring (bicyclic) bond motifs is 1. The SMILES string of the molecule is CCn1c(-c2csc(N(C(C)=O)c3ccccc3)n2)nc2cc(S(=O)(=O)N(C)C)ccc21. The van der Waals surface area contributed by atoms with Gasteiger partial charge in [0.25, 0.3) is 0 Å². The fraction of sp³-hybridized carbons (Fsp3) is 0.227. The summed E-state index contributed by atoms with van der Waals surface area (Å²) < 4.78 is 28.2. The molecular weight excluding hydrogens is 446 g/mol. The number of carbonyl (C=O) groups is 1. The van der Waals surface area contributed by atoms with Gasteiger partial charge in [-0.15, -0.1) is 11.3 Å². The van der Waals surface area contributed by atoms with Gasteiger partial charge in [-0.05, 0) is 37.3 Å². The molecule has 0 radical (unpaired) electrons. The molecule has 4 rings (SSSR count). The number of thiazole rings is 1. The van der Waals surface area contributed by atoms with E-state index < -0.39 is 10.0 Å². The van der Waals surface area contributed by atoms with Gasteiger partial charge in [0.15, 0.2) is 11.0 Å². The predicted octanol–water partition coefficient (Wildman–Crippen LogP) is 4.11. The number of rotatable bonds is 6. The van der Waals surface area contributed by atoms with Crippen LogP contribution in [0.25, 0.3) is 22.6 Å². The second-order valence-corrected chi connectivity index (χ2v) is 10.3. The van der Waals surface area contributed by atoms with Gasteiger partial charge >= 0.3 is 0 Å². The third kappa shape index (κ3) is 3.81. The predicted molar refractivity (Wildman–Crippen MR) is 127 cm³/mol. The molecule has 10 heteroatoms. The summed E-state index contributed by atoms with van der Waals surface area (Å²) in [6, 6.07) is 14.3. The normalized spacial score (nSPS) is 11.9. The highest BCUT2D eigenvalue weighted by Gasteiger charge is 2.22. The molecule has 166 valence electrons. The molecule has 32 heavy (non-hydrogen) atoms. The molecule has 0 spiro atoms. The Morgan fingerprint density at radius 1 is 1.09 bits per heavy atom. The number of aryl methyl sites for hydroxylation is 1. The van der Waals surface area contributed by atoms with E-state index in [2.05, 4.69) is 0 Å². The molecule has 0 aliphatic rings. The van der Waals surface area contributed by atoms with E-state index in [0.717, 1.165) is 11.2 Å². The maximum atomic E-state index is 12.5. The summed E-state index contributed by atoms with van der Waals surface area (Å²) in [4.78, 5) is 23.5. The fourth-order valence-corrected chi connectivity index (χ4v) is 5.26. The first kappa shape index (κ1) is 22.1. The Kier molecular flexibility index (Phi) is 5.85. The van der Waals surface area contributed by atoms with Crippen molar-refractivity contribution in [1.29, 1.82) is 0 Å². The summed E-state index contributed by atoms with van der Waals surface area (Å²) in [5, 5.41) is 2.41. The number of sulfonamides is 1. The van der Waals surface area contributed by atoms with Crippen LogP contribution in [-0.4, -0.2) is 47.3 Å².